The second-order valence-corrected chi connectivity index (χ2v) is 6.90. The fourth-order valence-corrected chi connectivity index (χ4v) is 3.34. The first-order valence-corrected chi connectivity index (χ1v) is 9.03. The molecular formula is C19H21N5O3. The van der Waals surface area contributed by atoms with E-state index in [1.165, 1.54) is 6.92 Å². The fourth-order valence-electron chi connectivity index (χ4n) is 3.34. The summed E-state index contributed by atoms with van der Waals surface area (Å²) < 4.78 is 5.62. The smallest absolute Gasteiger partial charge is 0.226 e. The molecule has 0 saturated heterocycles. The highest BCUT2D eigenvalue weighted by Crippen LogP contribution is 2.36. The van der Waals surface area contributed by atoms with E-state index in [-0.39, 0.29) is 24.3 Å². The molecule has 1 saturated carbocycles. The average Bonchev–Trinajstić information content (AvgIpc) is 3.22. The van der Waals surface area contributed by atoms with E-state index in [0.29, 0.717) is 24.0 Å². The maximum atomic E-state index is 12.2. The Labute approximate surface area is 155 Å². The van der Waals surface area contributed by atoms with Crippen molar-refractivity contribution in [1.29, 1.82) is 0 Å². The van der Waals surface area contributed by atoms with Crippen LogP contribution in [0.15, 0.2) is 34.7 Å². The van der Waals surface area contributed by atoms with Gasteiger partial charge in [-0.3, -0.25) is 14.7 Å². The van der Waals surface area contributed by atoms with Gasteiger partial charge in [-0.25, -0.2) is 4.98 Å². The first kappa shape index (κ1) is 17.3. The summed E-state index contributed by atoms with van der Waals surface area (Å²) in [5, 5.41) is 12.8. The van der Waals surface area contributed by atoms with Gasteiger partial charge in [0.05, 0.1) is 5.69 Å². The van der Waals surface area contributed by atoms with Gasteiger partial charge < -0.3 is 15.1 Å². The molecule has 3 aromatic rings. The zero-order valence-corrected chi connectivity index (χ0v) is 15.0. The maximum Gasteiger partial charge on any atom is 0.226 e. The monoisotopic (exact) mass is 367 g/mol. The Kier molecular flexibility index (Phi) is 4.62. The molecule has 0 bridgehead atoms. The number of hydrogen-bond donors (Lipinski definition) is 3. The number of amides is 2. The lowest BCUT2D eigenvalue weighted by molar-refractivity contribution is -0.120. The normalized spacial score (nSPS) is 18.9. The minimum atomic E-state index is -0.128. The van der Waals surface area contributed by atoms with Crippen molar-refractivity contribution in [2.45, 2.75) is 44.6 Å². The molecule has 8 heteroatoms. The zero-order valence-electron chi connectivity index (χ0n) is 15.0. The number of H-pyrrole nitrogens is 1. The Morgan fingerprint density at radius 2 is 2.11 bits per heavy atom. The third-order valence-electron chi connectivity index (χ3n) is 4.74. The molecule has 1 fully saturated rings. The van der Waals surface area contributed by atoms with Crippen LogP contribution in [0.4, 0.5) is 5.82 Å². The van der Waals surface area contributed by atoms with Crippen LogP contribution in [0.2, 0.25) is 0 Å². The Morgan fingerprint density at radius 3 is 2.89 bits per heavy atom. The minimum Gasteiger partial charge on any atom is -0.441 e. The Morgan fingerprint density at radius 1 is 1.30 bits per heavy atom. The van der Waals surface area contributed by atoms with Crippen LogP contribution in [0.3, 0.4) is 0 Å². The number of nitrogens with one attached hydrogen (secondary N) is 3. The maximum absolute atomic E-state index is 12.2. The average molecular weight is 367 g/mol. The first-order valence-electron chi connectivity index (χ1n) is 9.03. The van der Waals surface area contributed by atoms with Crippen molar-refractivity contribution < 1.29 is 14.0 Å². The highest BCUT2D eigenvalue weighted by atomic mass is 16.3. The van der Waals surface area contributed by atoms with Crippen LogP contribution in [-0.4, -0.2) is 33.0 Å². The standard InChI is InChI=1S/C19H21N5O3/c1-11(25)20-13-8-12(9-13)15-10-17(24-23-15)22-18(26)6-7-19-21-14-4-2-3-5-16(14)27-19/h2-5,10,12-13H,6-9H2,1H3,(H,20,25)(H2,22,23,24,26). The van der Waals surface area contributed by atoms with E-state index in [0.717, 1.165) is 29.6 Å². The summed E-state index contributed by atoms with van der Waals surface area (Å²) in [7, 11) is 0. The number of carbonyl (C=O) groups excluding carboxylic acids is 2. The number of benzene rings is 1. The molecule has 1 aliphatic carbocycles. The van der Waals surface area contributed by atoms with Gasteiger partial charge in [-0.15, -0.1) is 0 Å². The summed E-state index contributed by atoms with van der Waals surface area (Å²) in [5.74, 6) is 1.30. The van der Waals surface area contributed by atoms with Crippen molar-refractivity contribution in [1.82, 2.24) is 20.5 Å². The molecule has 3 N–H and O–H groups in total. The number of anilines is 1. The van der Waals surface area contributed by atoms with E-state index in [2.05, 4.69) is 25.8 Å². The SMILES string of the molecule is CC(=O)NC1CC(c2cc(NC(=O)CCc3nc4ccccc4o3)[nH]n2)C1. The summed E-state index contributed by atoms with van der Waals surface area (Å²) >= 11 is 0. The van der Waals surface area contributed by atoms with Crippen molar-refractivity contribution in [3.63, 3.8) is 0 Å². The summed E-state index contributed by atoms with van der Waals surface area (Å²) in [6, 6.07) is 9.60. The molecule has 2 heterocycles. The van der Waals surface area contributed by atoms with Crippen molar-refractivity contribution in [3.8, 4) is 0 Å². The van der Waals surface area contributed by atoms with Gasteiger partial charge in [-0.1, -0.05) is 12.1 Å². The molecule has 4 rings (SSSR count). The number of carbonyl (C=O) groups is 2. The molecule has 0 spiro atoms. The lowest BCUT2D eigenvalue weighted by Gasteiger charge is -2.34. The summed E-state index contributed by atoms with van der Waals surface area (Å²) in [6.07, 6.45) is 2.45. The molecule has 0 aliphatic heterocycles. The summed E-state index contributed by atoms with van der Waals surface area (Å²) in [6.45, 7) is 1.52. The van der Waals surface area contributed by atoms with Gasteiger partial charge in [0.2, 0.25) is 11.8 Å². The molecule has 1 aliphatic rings. The predicted octanol–water partition coefficient (Wildman–Crippen LogP) is 2.50. The van der Waals surface area contributed by atoms with E-state index < -0.39 is 0 Å². The van der Waals surface area contributed by atoms with E-state index in [1.54, 1.807) is 0 Å². The van der Waals surface area contributed by atoms with E-state index in [4.69, 9.17) is 4.42 Å². The number of oxazole rings is 1. The topological polar surface area (TPSA) is 113 Å². The number of aromatic amines is 1. The van der Waals surface area contributed by atoms with Crippen molar-refractivity contribution in [2.75, 3.05) is 5.32 Å². The van der Waals surface area contributed by atoms with Crippen molar-refractivity contribution >= 4 is 28.7 Å². The third-order valence-corrected chi connectivity index (χ3v) is 4.74. The molecule has 27 heavy (non-hydrogen) atoms. The molecule has 2 amide bonds. The molecule has 8 nitrogen and oxygen atoms in total. The number of rotatable bonds is 6. The van der Waals surface area contributed by atoms with E-state index in [9.17, 15) is 9.59 Å². The number of aromatic nitrogens is 3. The van der Waals surface area contributed by atoms with Crippen molar-refractivity contribution in [2.24, 2.45) is 0 Å². The molecule has 1 aromatic carbocycles. The van der Waals surface area contributed by atoms with Crippen LogP contribution in [0.25, 0.3) is 11.1 Å². The van der Waals surface area contributed by atoms with E-state index in [1.807, 2.05) is 30.3 Å². The second-order valence-electron chi connectivity index (χ2n) is 6.90. The van der Waals surface area contributed by atoms with Crippen LogP contribution in [0.1, 0.15) is 43.7 Å². The Balaban J connectivity index is 1.26. The van der Waals surface area contributed by atoms with Crippen LogP contribution >= 0.6 is 0 Å². The largest absolute Gasteiger partial charge is 0.441 e. The van der Waals surface area contributed by atoms with Crippen LogP contribution in [0, 0.1) is 0 Å². The highest BCUT2D eigenvalue weighted by molar-refractivity contribution is 5.89. The lowest BCUT2D eigenvalue weighted by atomic mass is 9.78. The quantitative estimate of drug-likeness (QED) is 0.619. The Hall–Kier alpha value is -3.16. The fraction of sp³-hybridized carbons (Fsp3) is 0.368. The van der Waals surface area contributed by atoms with Gasteiger partial charge in [-0.05, 0) is 25.0 Å². The number of nitrogens with zero attached hydrogens (tertiary/aromatic N) is 2. The molecule has 140 valence electrons. The third kappa shape index (κ3) is 3.99. The van der Waals surface area contributed by atoms with Crippen LogP contribution in [-0.2, 0) is 16.0 Å². The van der Waals surface area contributed by atoms with Gasteiger partial charge in [-0.2, -0.15) is 5.10 Å². The second kappa shape index (κ2) is 7.22. The van der Waals surface area contributed by atoms with E-state index >= 15 is 0 Å². The number of aryl methyl sites for hydroxylation is 1. The molecule has 2 aromatic heterocycles. The highest BCUT2D eigenvalue weighted by Gasteiger charge is 2.32. The Bertz CT molecular complexity index is 938. The molecule has 0 radical (unpaired) electrons. The van der Waals surface area contributed by atoms with Crippen LogP contribution in [0.5, 0.6) is 0 Å². The first-order chi connectivity index (χ1) is 13.1. The van der Waals surface area contributed by atoms with Crippen molar-refractivity contribution in [3.05, 3.63) is 41.9 Å². The van der Waals surface area contributed by atoms with Crippen LogP contribution < -0.4 is 10.6 Å². The van der Waals surface area contributed by atoms with Gasteiger partial charge in [0.25, 0.3) is 0 Å². The van der Waals surface area contributed by atoms with Gasteiger partial charge in [0.15, 0.2) is 11.5 Å². The minimum absolute atomic E-state index is 0.00706. The van der Waals surface area contributed by atoms with Gasteiger partial charge in [0, 0.05) is 37.8 Å². The summed E-state index contributed by atoms with van der Waals surface area (Å²) in [5.41, 5.74) is 2.43. The van der Waals surface area contributed by atoms with Gasteiger partial charge >= 0.3 is 0 Å². The number of fused-ring (bicyclic) bond motifs is 1. The lowest BCUT2D eigenvalue weighted by Crippen LogP contribution is -2.42. The molecule has 0 unspecified atom stereocenters. The predicted molar refractivity (Wildman–Crippen MR) is 99.1 cm³/mol. The summed E-state index contributed by atoms with van der Waals surface area (Å²) in [4.78, 5) is 27.6. The zero-order chi connectivity index (χ0) is 18.8. The molecule has 0 atom stereocenters. The number of para-hydroxylation sites is 2. The number of hydrogen-bond acceptors (Lipinski definition) is 5. The van der Waals surface area contributed by atoms with Gasteiger partial charge in [0.1, 0.15) is 11.3 Å². The molecular weight excluding hydrogens is 346 g/mol.